The molecule has 2 aliphatic heterocycles. The smallest absolute Gasteiger partial charge is 0.0647 e. The lowest BCUT2D eigenvalue weighted by molar-refractivity contribution is 0.192. The molecular formula is C15H17N3. The predicted molar refractivity (Wildman–Crippen MR) is 71.5 cm³/mol. The molecule has 92 valence electrons. The highest BCUT2D eigenvalue weighted by molar-refractivity contribution is 5.45. The summed E-state index contributed by atoms with van der Waals surface area (Å²) in [6, 6.07) is 13.6. The summed E-state index contributed by atoms with van der Waals surface area (Å²) in [7, 11) is 0. The van der Waals surface area contributed by atoms with Gasteiger partial charge in [0.25, 0.3) is 0 Å². The Labute approximate surface area is 107 Å². The first-order valence-electron chi connectivity index (χ1n) is 6.59. The Morgan fingerprint density at radius 2 is 2.06 bits per heavy atom. The fourth-order valence-electron chi connectivity index (χ4n) is 3.27. The van der Waals surface area contributed by atoms with Gasteiger partial charge in [-0.05, 0) is 30.7 Å². The van der Waals surface area contributed by atoms with Crippen LogP contribution in [0.2, 0.25) is 0 Å². The van der Waals surface area contributed by atoms with Crippen molar-refractivity contribution in [3.8, 4) is 5.69 Å². The van der Waals surface area contributed by atoms with Gasteiger partial charge in [-0.2, -0.15) is 0 Å². The van der Waals surface area contributed by atoms with Crippen LogP contribution in [-0.2, 0) is 6.54 Å². The van der Waals surface area contributed by atoms with Gasteiger partial charge in [0, 0.05) is 30.7 Å². The summed E-state index contributed by atoms with van der Waals surface area (Å²) >= 11 is 0. The first-order chi connectivity index (χ1) is 8.84. The average molecular weight is 239 g/mol. The van der Waals surface area contributed by atoms with E-state index in [0.29, 0.717) is 12.2 Å². The molecule has 0 saturated carbocycles. The number of nitrogens with zero attached hydrogens (tertiary/aromatic N) is 2. The molecule has 1 aromatic carbocycles. The molecule has 1 N–H and O–H groups in total. The number of aromatic nitrogens is 1. The van der Waals surface area contributed by atoms with Crippen molar-refractivity contribution < 1.29 is 0 Å². The second-order valence-electron chi connectivity index (χ2n) is 5.20. The van der Waals surface area contributed by atoms with Gasteiger partial charge >= 0.3 is 0 Å². The molecule has 1 fully saturated rings. The highest BCUT2D eigenvalue weighted by Gasteiger charge is 2.35. The summed E-state index contributed by atoms with van der Waals surface area (Å²) in [6.07, 6.45) is 2.63. The van der Waals surface area contributed by atoms with E-state index in [-0.39, 0.29) is 0 Å². The molecule has 1 saturated heterocycles. The molecule has 4 rings (SSSR count). The zero-order chi connectivity index (χ0) is 12.1. The number of nitrogens with one attached hydrogen (secondary N) is 1. The number of hydrogen-bond donors (Lipinski definition) is 1. The molecule has 3 heterocycles. The zero-order valence-corrected chi connectivity index (χ0v) is 10.5. The maximum Gasteiger partial charge on any atom is 0.0647 e. The molecule has 0 radical (unpaired) electrons. The average Bonchev–Trinajstić information content (AvgIpc) is 2.96. The molecule has 1 aromatic heterocycles. The molecule has 3 heteroatoms. The molecule has 0 bridgehead atoms. The minimum Gasteiger partial charge on any atom is -0.319 e. The van der Waals surface area contributed by atoms with Gasteiger partial charge < -0.3 is 4.57 Å². The summed E-state index contributed by atoms with van der Waals surface area (Å²) in [5, 5.41) is 3.56. The number of para-hydroxylation sites is 1. The Morgan fingerprint density at radius 1 is 1.17 bits per heavy atom. The standard InChI is InChI=1S/C15H17N3/c1-11-16-9-15-14-7-4-8-17(14)13-6-3-2-5-12(13)10-18(11)15/h2-8,11,15-16H,9-10H2,1H3. The highest BCUT2D eigenvalue weighted by Crippen LogP contribution is 2.35. The van der Waals surface area contributed by atoms with Crippen LogP contribution in [0.3, 0.4) is 0 Å². The van der Waals surface area contributed by atoms with Crippen LogP contribution >= 0.6 is 0 Å². The van der Waals surface area contributed by atoms with Crippen LogP contribution in [0.1, 0.15) is 24.2 Å². The topological polar surface area (TPSA) is 20.2 Å². The van der Waals surface area contributed by atoms with Crippen molar-refractivity contribution in [1.29, 1.82) is 0 Å². The molecule has 3 nitrogen and oxygen atoms in total. The van der Waals surface area contributed by atoms with Crippen LogP contribution < -0.4 is 5.32 Å². The Kier molecular flexibility index (Phi) is 2.13. The summed E-state index contributed by atoms with van der Waals surface area (Å²) in [4.78, 5) is 2.55. The summed E-state index contributed by atoms with van der Waals surface area (Å²) < 4.78 is 2.35. The number of hydrogen-bond acceptors (Lipinski definition) is 2. The van der Waals surface area contributed by atoms with Gasteiger partial charge in [-0.1, -0.05) is 18.2 Å². The normalized spacial score (nSPS) is 26.3. The van der Waals surface area contributed by atoms with Gasteiger partial charge in [0.1, 0.15) is 0 Å². The maximum atomic E-state index is 3.56. The van der Waals surface area contributed by atoms with E-state index in [0.717, 1.165) is 13.1 Å². The fraction of sp³-hybridized carbons (Fsp3) is 0.333. The van der Waals surface area contributed by atoms with E-state index in [4.69, 9.17) is 0 Å². The van der Waals surface area contributed by atoms with Crippen LogP contribution in [-0.4, -0.2) is 22.2 Å². The minimum atomic E-state index is 0.449. The molecule has 0 aliphatic carbocycles. The molecular weight excluding hydrogens is 222 g/mol. The van der Waals surface area contributed by atoms with E-state index < -0.39 is 0 Å². The van der Waals surface area contributed by atoms with Crippen molar-refractivity contribution in [3.63, 3.8) is 0 Å². The van der Waals surface area contributed by atoms with Crippen LogP contribution in [0.4, 0.5) is 0 Å². The molecule has 0 spiro atoms. The quantitative estimate of drug-likeness (QED) is 0.761. The third kappa shape index (κ3) is 1.32. The summed E-state index contributed by atoms with van der Waals surface area (Å²) in [6.45, 7) is 4.32. The first kappa shape index (κ1) is 10.4. The van der Waals surface area contributed by atoms with E-state index in [1.807, 2.05) is 0 Å². The Bertz CT molecular complexity index is 587. The van der Waals surface area contributed by atoms with Crippen molar-refractivity contribution in [2.45, 2.75) is 25.7 Å². The van der Waals surface area contributed by atoms with Crippen molar-refractivity contribution in [2.75, 3.05) is 6.54 Å². The second-order valence-corrected chi connectivity index (χ2v) is 5.20. The molecule has 0 amide bonds. The molecule has 2 aliphatic rings. The highest BCUT2D eigenvalue weighted by atomic mass is 15.4. The van der Waals surface area contributed by atoms with Crippen LogP contribution in [0, 0.1) is 0 Å². The van der Waals surface area contributed by atoms with Gasteiger partial charge in [-0.25, -0.2) is 0 Å². The number of fused-ring (bicyclic) bond motifs is 5. The van der Waals surface area contributed by atoms with E-state index in [2.05, 4.69) is 64.3 Å². The Morgan fingerprint density at radius 3 is 3.00 bits per heavy atom. The van der Waals surface area contributed by atoms with Crippen molar-refractivity contribution in [1.82, 2.24) is 14.8 Å². The number of benzene rings is 1. The monoisotopic (exact) mass is 239 g/mol. The van der Waals surface area contributed by atoms with Gasteiger partial charge in [0.05, 0.1) is 12.2 Å². The predicted octanol–water partition coefficient (Wildman–Crippen LogP) is 2.28. The van der Waals surface area contributed by atoms with Crippen LogP contribution in [0.5, 0.6) is 0 Å². The van der Waals surface area contributed by atoms with Crippen molar-refractivity contribution in [2.24, 2.45) is 0 Å². The lowest BCUT2D eigenvalue weighted by Crippen LogP contribution is -2.32. The van der Waals surface area contributed by atoms with E-state index in [9.17, 15) is 0 Å². The lowest BCUT2D eigenvalue weighted by atomic mass is 10.1. The van der Waals surface area contributed by atoms with E-state index in [1.165, 1.54) is 16.9 Å². The van der Waals surface area contributed by atoms with Crippen molar-refractivity contribution >= 4 is 0 Å². The second kappa shape index (κ2) is 3.70. The SMILES string of the molecule is CC1NCC2c3cccn3-c3ccccc3CN12. The molecule has 2 atom stereocenters. The molecule has 2 aromatic rings. The largest absolute Gasteiger partial charge is 0.319 e. The van der Waals surface area contributed by atoms with Gasteiger partial charge in [-0.3, -0.25) is 10.2 Å². The van der Waals surface area contributed by atoms with Crippen molar-refractivity contribution in [3.05, 3.63) is 53.9 Å². The van der Waals surface area contributed by atoms with Crippen LogP contribution in [0.15, 0.2) is 42.6 Å². The molecule has 2 unspecified atom stereocenters. The van der Waals surface area contributed by atoms with Gasteiger partial charge in [0.15, 0.2) is 0 Å². The number of rotatable bonds is 0. The minimum absolute atomic E-state index is 0.449. The fourth-order valence-corrected chi connectivity index (χ4v) is 3.27. The molecule has 18 heavy (non-hydrogen) atoms. The lowest BCUT2D eigenvalue weighted by Gasteiger charge is -2.24. The van der Waals surface area contributed by atoms with E-state index >= 15 is 0 Å². The Hall–Kier alpha value is -1.58. The summed E-state index contributed by atoms with van der Waals surface area (Å²) in [5.41, 5.74) is 4.14. The Balaban J connectivity index is 1.95. The first-order valence-corrected chi connectivity index (χ1v) is 6.59. The zero-order valence-electron chi connectivity index (χ0n) is 10.5. The van der Waals surface area contributed by atoms with Gasteiger partial charge in [0.2, 0.25) is 0 Å². The third-order valence-corrected chi connectivity index (χ3v) is 4.23. The summed E-state index contributed by atoms with van der Waals surface area (Å²) in [5.74, 6) is 0. The third-order valence-electron chi connectivity index (χ3n) is 4.23. The van der Waals surface area contributed by atoms with E-state index in [1.54, 1.807) is 0 Å². The maximum absolute atomic E-state index is 3.56. The van der Waals surface area contributed by atoms with Crippen LogP contribution in [0.25, 0.3) is 5.69 Å². The van der Waals surface area contributed by atoms with Gasteiger partial charge in [-0.15, -0.1) is 0 Å².